The van der Waals surface area contributed by atoms with Gasteiger partial charge in [0.2, 0.25) is 0 Å². The Hall–Kier alpha value is -2.93. The van der Waals surface area contributed by atoms with Gasteiger partial charge in [0.15, 0.2) is 5.69 Å². The minimum atomic E-state index is -0.435. The van der Waals surface area contributed by atoms with E-state index in [-0.39, 0.29) is 11.5 Å². The van der Waals surface area contributed by atoms with Crippen LogP contribution in [0.15, 0.2) is 42.5 Å². The second-order valence-corrected chi connectivity index (χ2v) is 5.62. The first-order valence-electron chi connectivity index (χ1n) is 7.32. The number of aromatic nitrogens is 3. The predicted octanol–water partition coefficient (Wildman–Crippen LogP) is 3.63. The molecule has 2 aromatic carbocycles. The molecule has 0 saturated heterocycles. The number of hydrogen-bond acceptors (Lipinski definition) is 4. The summed E-state index contributed by atoms with van der Waals surface area (Å²) in [4.78, 5) is 12.4. The van der Waals surface area contributed by atoms with E-state index in [9.17, 15) is 9.18 Å². The minimum Gasteiger partial charge on any atom is -0.495 e. The van der Waals surface area contributed by atoms with Crippen LogP contribution in [0.5, 0.6) is 5.75 Å². The van der Waals surface area contributed by atoms with Crippen LogP contribution in [0.1, 0.15) is 16.2 Å². The standard InChI is InChI=1S/C17H14ClFN4O2/c1-10-16(17(24)20-12-5-3-11(19)4-6-12)21-22-23(10)13-7-8-15(25-2)14(18)9-13/h3-9H,1-2H3,(H,20,24). The van der Waals surface area contributed by atoms with Gasteiger partial charge >= 0.3 is 0 Å². The number of nitrogens with zero attached hydrogens (tertiary/aromatic N) is 3. The third kappa shape index (κ3) is 3.46. The van der Waals surface area contributed by atoms with Gasteiger partial charge in [-0.3, -0.25) is 4.79 Å². The first-order valence-corrected chi connectivity index (χ1v) is 7.70. The van der Waals surface area contributed by atoms with Crippen molar-refractivity contribution in [3.63, 3.8) is 0 Å². The number of amides is 1. The summed E-state index contributed by atoms with van der Waals surface area (Å²) >= 11 is 6.12. The molecule has 1 amide bonds. The summed E-state index contributed by atoms with van der Waals surface area (Å²) in [5.41, 5.74) is 1.82. The summed E-state index contributed by atoms with van der Waals surface area (Å²) in [5.74, 6) is -0.274. The number of carbonyl (C=O) groups is 1. The number of ether oxygens (including phenoxy) is 1. The lowest BCUT2D eigenvalue weighted by Crippen LogP contribution is -2.14. The molecule has 25 heavy (non-hydrogen) atoms. The summed E-state index contributed by atoms with van der Waals surface area (Å²) in [6.45, 7) is 1.72. The molecule has 0 aliphatic rings. The molecule has 0 unspecified atom stereocenters. The average Bonchev–Trinajstić information content (AvgIpc) is 2.98. The van der Waals surface area contributed by atoms with Gasteiger partial charge < -0.3 is 10.1 Å². The molecule has 0 bridgehead atoms. The van der Waals surface area contributed by atoms with E-state index >= 15 is 0 Å². The van der Waals surface area contributed by atoms with Crippen LogP contribution in [0.2, 0.25) is 5.02 Å². The molecule has 128 valence electrons. The van der Waals surface area contributed by atoms with Gasteiger partial charge in [-0.15, -0.1) is 5.10 Å². The van der Waals surface area contributed by atoms with E-state index in [0.29, 0.717) is 27.8 Å². The molecule has 1 heterocycles. The molecular weight excluding hydrogens is 347 g/mol. The molecule has 3 rings (SSSR count). The van der Waals surface area contributed by atoms with Gasteiger partial charge in [0.1, 0.15) is 11.6 Å². The molecule has 0 fully saturated rings. The fourth-order valence-electron chi connectivity index (χ4n) is 2.29. The highest BCUT2D eigenvalue weighted by atomic mass is 35.5. The third-order valence-corrected chi connectivity index (χ3v) is 3.89. The van der Waals surface area contributed by atoms with Gasteiger partial charge in [-0.1, -0.05) is 16.8 Å². The lowest BCUT2D eigenvalue weighted by atomic mass is 10.2. The zero-order valence-corrected chi connectivity index (χ0v) is 14.2. The summed E-state index contributed by atoms with van der Waals surface area (Å²) < 4.78 is 19.6. The van der Waals surface area contributed by atoms with E-state index in [4.69, 9.17) is 16.3 Å². The Balaban J connectivity index is 1.86. The van der Waals surface area contributed by atoms with Crippen LogP contribution >= 0.6 is 11.6 Å². The Morgan fingerprint density at radius 3 is 2.60 bits per heavy atom. The maximum absolute atomic E-state index is 12.9. The van der Waals surface area contributed by atoms with Crippen LogP contribution in [-0.4, -0.2) is 28.0 Å². The summed E-state index contributed by atoms with van der Waals surface area (Å²) in [6.07, 6.45) is 0. The van der Waals surface area contributed by atoms with Crippen LogP contribution in [0.25, 0.3) is 5.69 Å². The van der Waals surface area contributed by atoms with E-state index in [1.165, 1.54) is 36.1 Å². The van der Waals surface area contributed by atoms with Gasteiger partial charge in [-0.25, -0.2) is 9.07 Å². The van der Waals surface area contributed by atoms with Crippen molar-refractivity contribution in [3.8, 4) is 11.4 Å². The zero-order chi connectivity index (χ0) is 18.0. The lowest BCUT2D eigenvalue weighted by molar-refractivity contribution is 0.102. The number of carbonyl (C=O) groups excluding carboxylic acids is 1. The molecule has 0 radical (unpaired) electrons. The molecular formula is C17H14ClFN4O2. The number of nitrogens with one attached hydrogen (secondary N) is 1. The van der Waals surface area contributed by atoms with Crippen molar-refractivity contribution < 1.29 is 13.9 Å². The highest BCUT2D eigenvalue weighted by molar-refractivity contribution is 6.32. The molecule has 0 saturated carbocycles. The van der Waals surface area contributed by atoms with E-state index in [2.05, 4.69) is 15.6 Å². The number of rotatable bonds is 4. The second-order valence-electron chi connectivity index (χ2n) is 5.22. The molecule has 0 aliphatic heterocycles. The van der Waals surface area contributed by atoms with Gasteiger partial charge in [-0.2, -0.15) is 0 Å². The van der Waals surface area contributed by atoms with Crippen molar-refractivity contribution in [2.24, 2.45) is 0 Å². The van der Waals surface area contributed by atoms with Gasteiger partial charge in [0, 0.05) is 5.69 Å². The molecule has 0 aliphatic carbocycles. The third-order valence-electron chi connectivity index (χ3n) is 3.59. The molecule has 1 aromatic heterocycles. The van der Waals surface area contributed by atoms with Crippen LogP contribution in [0, 0.1) is 12.7 Å². The van der Waals surface area contributed by atoms with E-state index in [0.717, 1.165) is 0 Å². The van der Waals surface area contributed by atoms with E-state index < -0.39 is 5.91 Å². The quantitative estimate of drug-likeness (QED) is 0.771. The Bertz CT molecular complexity index is 925. The van der Waals surface area contributed by atoms with E-state index in [1.807, 2.05) is 0 Å². The normalized spacial score (nSPS) is 10.6. The van der Waals surface area contributed by atoms with Gasteiger partial charge in [0.25, 0.3) is 5.91 Å². The molecule has 1 N–H and O–H groups in total. The number of benzene rings is 2. The summed E-state index contributed by atoms with van der Waals surface area (Å²) in [6, 6.07) is 10.6. The van der Waals surface area contributed by atoms with Crippen molar-refractivity contribution in [3.05, 3.63) is 64.7 Å². The zero-order valence-electron chi connectivity index (χ0n) is 13.5. The van der Waals surface area contributed by atoms with Crippen molar-refractivity contribution in [2.45, 2.75) is 6.92 Å². The Morgan fingerprint density at radius 2 is 1.96 bits per heavy atom. The Morgan fingerprint density at radius 1 is 1.24 bits per heavy atom. The minimum absolute atomic E-state index is 0.163. The van der Waals surface area contributed by atoms with E-state index in [1.54, 1.807) is 25.1 Å². The summed E-state index contributed by atoms with van der Waals surface area (Å²) in [7, 11) is 1.53. The van der Waals surface area contributed by atoms with Crippen LogP contribution in [0.4, 0.5) is 10.1 Å². The molecule has 8 heteroatoms. The summed E-state index contributed by atoms with van der Waals surface area (Å²) in [5, 5.41) is 11.0. The number of hydrogen-bond donors (Lipinski definition) is 1. The smallest absolute Gasteiger partial charge is 0.278 e. The number of halogens is 2. The highest BCUT2D eigenvalue weighted by Gasteiger charge is 2.18. The maximum Gasteiger partial charge on any atom is 0.278 e. The molecule has 3 aromatic rings. The maximum atomic E-state index is 12.9. The van der Waals surface area contributed by atoms with Crippen molar-refractivity contribution in [1.82, 2.24) is 15.0 Å². The van der Waals surface area contributed by atoms with Gasteiger partial charge in [0.05, 0.1) is 23.5 Å². The lowest BCUT2D eigenvalue weighted by Gasteiger charge is -2.07. The second kappa shape index (κ2) is 6.90. The van der Waals surface area contributed by atoms with Crippen molar-refractivity contribution in [1.29, 1.82) is 0 Å². The predicted molar refractivity (Wildman–Crippen MR) is 92.0 cm³/mol. The van der Waals surface area contributed by atoms with Gasteiger partial charge in [-0.05, 0) is 49.4 Å². The van der Waals surface area contributed by atoms with Crippen molar-refractivity contribution in [2.75, 3.05) is 12.4 Å². The fourth-order valence-corrected chi connectivity index (χ4v) is 2.55. The molecule has 6 nitrogen and oxygen atoms in total. The van der Waals surface area contributed by atoms with Crippen LogP contribution in [0.3, 0.4) is 0 Å². The monoisotopic (exact) mass is 360 g/mol. The Labute approximate surface area is 148 Å². The average molecular weight is 361 g/mol. The highest BCUT2D eigenvalue weighted by Crippen LogP contribution is 2.27. The molecule has 0 spiro atoms. The molecule has 0 atom stereocenters. The SMILES string of the molecule is COc1ccc(-n2nnc(C(=O)Nc3ccc(F)cc3)c2C)cc1Cl. The Kier molecular flexibility index (Phi) is 4.67. The number of methoxy groups -OCH3 is 1. The number of anilines is 1. The first kappa shape index (κ1) is 16.9. The van der Waals surface area contributed by atoms with Crippen LogP contribution < -0.4 is 10.1 Å². The largest absolute Gasteiger partial charge is 0.495 e. The topological polar surface area (TPSA) is 69.0 Å². The fraction of sp³-hybridized carbons (Fsp3) is 0.118. The van der Waals surface area contributed by atoms with Crippen molar-refractivity contribution >= 4 is 23.2 Å². The van der Waals surface area contributed by atoms with Crippen LogP contribution in [-0.2, 0) is 0 Å². The first-order chi connectivity index (χ1) is 12.0.